The topological polar surface area (TPSA) is 50.5 Å². The molecular formula is C24H30FN3O2. The number of hydrogen-bond donors (Lipinski definition) is 1. The molecule has 0 aliphatic carbocycles. The molecule has 0 amide bonds. The van der Waals surface area contributed by atoms with Crippen molar-refractivity contribution in [2.24, 2.45) is 5.92 Å². The minimum atomic E-state index is -0.444. The first-order chi connectivity index (χ1) is 14.3. The number of aliphatic hydroxyl groups excluding tert-OH is 1. The lowest BCUT2D eigenvalue weighted by atomic mass is 10.1. The molecule has 0 spiro atoms. The maximum Gasteiger partial charge on any atom is 0.227 e. The smallest absolute Gasteiger partial charge is 0.227 e. The van der Waals surface area contributed by atoms with Gasteiger partial charge in [-0.1, -0.05) is 38.1 Å². The number of halogens is 1. The standard InChI is InChI=1S/C24H30FN3O2/c1-17(2)14-27(15-18(3)29)16-23-19(4)26-28(21-10-6-5-7-11-21)24(23)30-22-12-8-9-20(25)13-22/h5-13,17-18,29H,14-16H2,1-4H3/t18-/m0/s1. The number of ether oxygens (including phenoxy) is 1. The fourth-order valence-electron chi connectivity index (χ4n) is 3.53. The SMILES string of the molecule is Cc1nn(-c2ccccc2)c(Oc2cccc(F)c2)c1CN(CC(C)C)C[C@H](C)O. The van der Waals surface area contributed by atoms with Crippen LogP contribution in [0.15, 0.2) is 54.6 Å². The van der Waals surface area contributed by atoms with Gasteiger partial charge in [0.15, 0.2) is 0 Å². The highest BCUT2D eigenvalue weighted by molar-refractivity contribution is 5.43. The molecule has 1 aromatic heterocycles. The van der Waals surface area contributed by atoms with Crippen LogP contribution in [0.25, 0.3) is 5.69 Å². The third-order valence-corrected chi connectivity index (χ3v) is 4.68. The first-order valence-corrected chi connectivity index (χ1v) is 10.3. The largest absolute Gasteiger partial charge is 0.438 e. The number of aromatic nitrogens is 2. The first kappa shape index (κ1) is 22.0. The van der Waals surface area contributed by atoms with E-state index in [4.69, 9.17) is 9.84 Å². The lowest BCUT2D eigenvalue weighted by Gasteiger charge is -2.26. The van der Waals surface area contributed by atoms with Crippen molar-refractivity contribution in [3.05, 3.63) is 71.7 Å². The summed E-state index contributed by atoms with van der Waals surface area (Å²) in [5.41, 5.74) is 2.62. The van der Waals surface area contributed by atoms with Crippen LogP contribution in [0.1, 0.15) is 32.0 Å². The highest BCUT2D eigenvalue weighted by Gasteiger charge is 2.22. The quantitative estimate of drug-likeness (QED) is 0.541. The summed E-state index contributed by atoms with van der Waals surface area (Å²) in [7, 11) is 0. The number of hydrogen-bond acceptors (Lipinski definition) is 4. The van der Waals surface area contributed by atoms with Gasteiger partial charge in [-0.05, 0) is 44.0 Å². The molecule has 0 aliphatic rings. The van der Waals surface area contributed by atoms with Crippen LogP contribution in [0.2, 0.25) is 0 Å². The molecule has 1 atom stereocenters. The van der Waals surface area contributed by atoms with Crippen LogP contribution in [-0.4, -0.2) is 39.0 Å². The zero-order valence-electron chi connectivity index (χ0n) is 18.0. The fraction of sp³-hybridized carbons (Fsp3) is 0.375. The molecule has 0 fully saturated rings. The summed E-state index contributed by atoms with van der Waals surface area (Å²) in [4.78, 5) is 2.20. The molecule has 0 bridgehead atoms. The van der Waals surface area contributed by atoms with Gasteiger partial charge in [0.25, 0.3) is 0 Å². The number of para-hydroxylation sites is 1. The molecule has 5 nitrogen and oxygen atoms in total. The lowest BCUT2D eigenvalue weighted by molar-refractivity contribution is 0.114. The zero-order chi connectivity index (χ0) is 21.7. The second-order valence-electron chi connectivity index (χ2n) is 8.11. The minimum Gasteiger partial charge on any atom is -0.438 e. The van der Waals surface area contributed by atoms with Crippen LogP contribution in [0.3, 0.4) is 0 Å². The van der Waals surface area contributed by atoms with Crippen molar-refractivity contribution in [1.29, 1.82) is 0 Å². The van der Waals surface area contributed by atoms with Crippen molar-refractivity contribution >= 4 is 0 Å². The van der Waals surface area contributed by atoms with Crippen molar-refractivity contribution in [3.63, 3.8) is 0 Å². The predicted octanol–water partition coefficient (Wildman–Crippen LogP) is 4.95. The number of nitrogens with zero attached hydrogens (tertiary/aromatic N) is 3. The van der Waals surface area contributed by atoms with E-state index in [0.717, 1.165) is 23.5 Å². The third kappa shape index (κ3) is 5.68. The molecule has 160 valence electrons. The van der Waals surface area contributed by atoms with E-state index >= 15 is 0 Å². The van der Waals surface area contributed by atoms with Gasteiger partial charge in [0.2, 0.25) is 5.88 Å². The maximum atomic E-state index is 13.8. The van der Waals surface area contributed by atoms with Crippen LogP contribution < -0.4 is 4.74 Å². The Labute approximate surface area is 177 Å². The van der Waals surface area contributed by atoms with Crippen molar-refractivity contribution in [1.82, 2.24) is 14.7 Å². The van der Waals surface area contributed by atoms with E-state index in [-0.39, 0.29) is 5.82 Å². The lowest BCUT2D eigenvalue weighted by Crippen LogP contribution is -2.33. The van der Waals surface area contributed by atoms with Crippen LogP contribution in [-0.2, 0) is 6.54 Å². The predicted molar refractivity (Wildman–Crippen MR) is 117 cm³/mol. The Morgan fingerprint density at radius 1 is 1.07 bits per heavy atom. The monoisotopic (exact) mass is 411 g/mol. The molecule has 3 rings (SSSR count). The molecule has 0 saturated carbocycles. The van der Waals surface area contributed by atoms with E-state index in [0.29, 0.717) is 30.6 Å². The third-order valence-electron chi connectivity index (χ3n) is 4.68. The van der Waals surface area contributed by atoms with Crippen molar-refractivity contribution < 1.29 is 14.2 Å². The Hall–Kier alpha value is -2.70. The highest BCUT2D eigenvalue weighted by Crippen LogP contribution is 2.32. The summed E-state index contributed by atoms with van der Waals surface area (Å²) in [5.74, 6) is 1.07. The average Bonchev–Trinajstić information content (AvgIpc) is 2.97. The summed E-state index contributed by atoms with van der Waals surface area (Å²) in [6.45, 7) is 10.00. The van der Waals surface area contributed by atoms with E-state index in [1.165, 1.54) is 12.1 Å². The highest BCUT2D eigenvalue weighted by atomic mass is 19.1. The molecule has 1 heterocycles. The molecule has 6 heteroatoms. The number of aryl methyl sites for hydroxylation is 1. The fourth-order valence-corrected chi connectivity index (χ4v) is 3.53. The molecule has 30 heavy (non-hydrogen) atoms. The van der Waals surface area contributed by atoms with E-state index < -0.39 is 6.10 Å². The normalized spacial score (nSPS) is 12.5. The molecule has 0 saturated heterocycles. The number of rotatable bonds is 9. The molecule has 0 radical (unpaired) electrons. The van der Waals surface area contributed by atoms with Gasteiger partial charge in [-0.2, -0.15) is 5.10 Å². The Balaban J connectivity index is 2.03. The molecule has 3 aromatic rings. The Kier molecular flexibility index (Phi) is 7.24. The summed E-state index contributed by atoms with van der Waals surface area (Å²) in [6, 6.07) is 15.8. The molecular weight excluding hydrogens is 381 g/mol. The van der Waals surface area contributed by atoms with Gasteiger partial charge in [-0.25, -0.2) is 9.07 Å². The van der Waals surface area contributed by atoms with Crippen molar-refractivity contribution in [2.75, 3.05) is 13.1 Å². The van der Waals surface area contributed by atoms with Crippen molar-refractivity contribution in [2.45, 2.75) is 40.3 Å². The van der Waals surface area contributed by atoms with Gasteiger partial charge in [0.1, 0.15) is 11.6 Å². The van der Waals surface area contributed by atoms with Crippen LogP contribution in [0.4, 0.5) is 4.39 Å². The number of benzene rings is 2. The van der Waals surface area contributed by atoms with Gasteiger partial charge in [-0.15, -0.1) is 0 Å². The summed E-state index contributed by atoms with van der Waals surface area (Å²) >= 11 is 0. The maximum absolute atomic E-state index is 13.8. The van der Waals surface area contributed by atoms with Crippen molar-refractivity contribution in [3.8, 4) is 17.3 Å². The Morgan fingerprint density at radius 3 is 2.43 bits per heavy atom. The molecule has 0 unspecified atom stereocenters. The van der Waals surface area contributed by atoms with Gasteiger partial charge >= 0.3 is 0 Å². The Bertz CT molecular complexity index is 944. The summed E-state index contributed by atoms with van der Waals surface area (Å²) in [6.07, 6.45) is -0.444. The molecule has 2 aromatic carbocycles. The zero-order valence-corrected chi connectivity index (χ0v) is 18.0. The van der Waals surface area contributed by atoms with E-state index in [1.807, 2.05) is 37.3 Å². The van der Waals surface area contributed by atoms with Gasteiger partial charge in [-0.3, -0.25) is 4.90 Å². The average molecular weight is 412 g/mol. The molecule has 0 aliphatic heterocycles. The molecule has 1 N–H and O–H groups in total. The second kappa shape index (κ2) is 9.87. The van der Waals surface area contributed by atoms with E-state index in [9.17, 15) is 9.50 Å². The summed E-state index contributed by atoms with van der Waals surface area (Å²) in [5, 5.41) is 14.7. The Morgan fingerprint density at radius 2 is 1.80 bits per heavy atom. The van der Waals surface area contributed by atoms with Gasteiger partial charge in [0.05, 0.1) is 23.0 Å². The first-order valence-electron chi connectivity index (χ1n) is 10.3. The number of aliphatic hydroxyl groups is 1. The minimum absolute atomic E-state index is 0.355. The van der Waals surface area contributed by atoms with Crippen LogP contribution >= 0.6 is 0 Å². The van der Waals surface area contributed by atoms with Crippen LogP contribution in [0, 0.1) is 18.7 Å². The second-order valence-corrected chi connectivity index (χ2v) is 8.11. The van der Waals surface area contributed by atoms with Crippen LogP contribution in [0.5, 0.6) is 11.6 Å². The van der Waals surface area contributed by atoms with Gasteiger partial charge < -0.3 is 9.84 Å². The summed E-state index contributed by atoms with van der Waals surface area (Å²) < 4.78 is 21.7. The van der Waals surface area contributed by atoms with E-state index in [1.54, 1.807) is 23.7 Å². The van der Waals surface area contributed by atoms with Gasteiger partial charge in [0, 0.05) is 25.7 Å². The van der Waals surface area contributed by atoms with E-state index in [2.05, 4.69) is 18.7 Å².